The molecule has 0 aliphatic carbocycles. The third kappa shape index (κ3) is 3.16. The maximum Gasteiger partial charge on any atom is 0.244 e. The molecule has 1 saturated heterocycles. The minimum atomic E-state index is -0.407. The predicted octanol–water partition coefficient (Wildman–Crippen LogP) is 3.28. The number of nitrogens with one attached hydrogen (secondary N) is 2. The van der Waals surface area contributed by atoms with E-state index in [-0.39, 0.29) is 5.91 Å². The van der Waals surface area contributed by atoms with Crippen molar-refractivity contribution in [3.8, 4) is 0 Å². The van der Waals surface area contributed by atoms with E-state index in [4.69, 9.17) is 0 Å². The van der Waals surface area contributed by atoms with Gasteiger partial charge in [-0.1, -0.05) is 26.0 Å². The van der Waals surface area contributed by atoms with Gasteiger partial charge >= 0.3 is 0 Å². The summed E-state index contributed by atoms with van der Waals surface area (Å²) >= 11 is 0. The highest BCUT2D eigenvalue weighted by molar-refractivity contribution is 5.98. The van der Waals surface area contributed by atoms with Crippen molar-refractivity contribution in [1.82, 2.24) is 5.32 Å². The van der Waals surface area contributed by atoms with E-state index in [2.05, 4.69) is 36.6 Å². The van der Waals surface area contributed by atoms with Crippen LogP contribution < -0.4 is 10.6 Å². The van der Waals surface area contributed by atoms with Gasteiger partial charge in [0.25, 0.3) is 0 Å². The van der Waals surface area contributed by atoms with Gasteiger partial charge in [-0.3, -0.25) is 4.79 Å². The molecule has 0 bridgehead atoms. The van der Waals surface area contributed by atoms with E-state index in [9.17, 15) is 4.79 Å². The fourth-order valence-corrected chi connectivity index (χ4v) is 2.49. The van der Waals surface area contributed by atoms with E-state index in [1.807, 2.05) is 19.1 Å². The molecule has 0 spiro atoms. The molecule has 0 aromatic heterocycles. The smallest absolute Gasteiger partial charge is 0.244 e. The Morgan fingerprint density at radius 2 is 2.11 bits per heavy atom. The molecule has 1 amide bonds. The van der Waals surface area contributed by atoms with E-state index < -0.39 is 5.54 Å². The zero-order chi connectivity index (χ0) is 13.9. The van der Waals surface area contributed by atoms with E-state index in [0.29, 0.717) is 5.92 Å². The lowest BCUT2D eigenvalue weighted by molar-refractivity contribution is -0.121. The summed E-state index contributed by atoms with van der Waals surface area (Å²) in [7, 11) is 0. The summed E-state index contributed by atoms with van der Waals surface area (Å²) < 4.78 is 0. The normalized spacial score (nSPS) is 24.2. The highest BCUT2D eigenvalue weighted by atomic mass is 16.2. The topological polar surface area (TPSA) is 41.1 Å². The van der Waals surface area contributed by atoms with Crippen molar-refractivity contribution in [2.75, 3.05) is 11.9 Å². The van der Waals surface area contributed by atoms with Crippen LogP contribution in [-0.4, -0.2) is 18.0 Å². The van der Waals surface area contributed by atoms with Gasteiger partial charge in [-0.15, -0.1) is 0 Å². The van der Waals surface area contributed by atoms with Gasteiger partial charge < -0.3 is 10.6 Å². The summed E-state index contributed by atoms with van der Waals surface area (Å²) in [5.41, 5.74) is 1.80. The number of carbonyl (C=O) groups is 1. The van der Waals surface area contributed by atoms with Gasteiger partial charge in [0, 0.05) is 5.69 Å². The molecule has 1 heterocycles. The predicted molar refractivity (Wildman–Crippen MR) is 79.4 cm³/mol. The molecule has 2 atom stereocenters. The molecule has 104 valence electrons. The van der Waals surface area contributed by atoms with Gasteiger partial charge in [-0.2, -0.15) is 0 Å². The Balaban J connectivity index is 2.01. The summed E-state index contributed by atoms with van der Waals surface area (Å²) in [4.78, 5) is 12.2. The van der Waals surface area contributed by atoms with Crippen LogP contribution in [-0.2, 0) is 4.79 Å². The zero-order valence-corrected chi connectivity index (χ0v) is 12.1. The second-order valence-corrected chi connectivity index (χ2v) is 5.75. The molecule has 1 aromatic carbocycles. The number of anilines is 1. The summed E-state index contributed by atoms with van der Waals surface area (Å²) in [6.45, 7) is 7.31. The van der Waals surface area contributed by atoms with Crippen LogP contribution in [0, 0.1) is 0 Å². The molecule has 2 rings (SSSR count). The third-order valence-corrected chi connectivity index (χ3v) is 4.22. The van der Waals surface area contributed by atoms with Crippen molar-refractivity contribution >= 4 is 11.6 Å². The number of amides is 1. The molecular formula is C16H24N2O. The van der Waals surface area contributed by atoms with Gasteiger partial charge in [0.15, 0.2) is 0 Å². The standard InChI is InChI=1S/C16H24N2O/c1-4-12(2)13-6-8-14(9-7-13)18-15(19)16(3)10-5-11-17-16/h6-9,12,17H,4-5,10-11H2,1-3H3,(H,18,19). The maximum absolute atomic E-state index is 12.2. The second-order valence-electron chi connectivity index (χ2n) is 5.75. The Hall–Kier alpha value is -1.35. The quantitative estimate of drug-likeness (QED) is 0.872. The van der Waals surface area contributed by atoms with Crippen LogP contribution in [0.1, 0.15) is 51.5 Å². The number of hydrogen-bond donors (Lipinski definition) is 2. The van der Waals surface area contributed by atoms with Crippen molar-refractivity contribution in [1.29, 1.82) is 0 Å². The molecule has 1 fully saturated rings. The third-order valence-electron chi connectivity index (χ3n) is 4.22. The first kappa shape index (κ1) is 14.1. The minimum absolute atomic E-state index is 0.0706. The van der Waals surface area contributed by atoms with Crippen LogP contribution in [0.2, 0.25) is 0 Å². The van der Waals surface area contributed by atoms with Crippen molar-refractivity contribution in [2.45, 2.75) is 51.5 Å². The molecule has 0 radical (unpaired) electrons. The van der Waals surface area contributed by atoms with Gasteiger partial charge in [0.2, 0.25) is 5.91 Å². The minimum Gasteiger partial charge on any atom is -0.324 e. The molecule has 3 nitrogen and oxygen atoms in total. The summed E-state index contributed by atoms with van der Waals surface area (Å²) in [6, 6.07) is 8.21. The molecule has 1 aromatic rings. The van der Waals surface area contributed by atoms with Crippen LogP contribution in [0.5, 0.6) is 0 Å². The van der Waals surface area contributed by atoms with Crippen LogP contribution in [0.25, 0.3) is 0 Å². The summed E-state index contributed by atoms with van der Waals surface area (Å²) in [5.74, 6) is 0.639. The molecule has 2 unspecified atom stereocenters. The van der Waals surface area contributed by atoms with Crippen LogP contribution in [0.15, 0.2) is 24.3 Å². The van der Waals surface area contributed by atoms with Crippen molar-refractivity contribution in [2.24, 2.45) is 0 Å². The SMILES string of the molecule is CCC(C)c1ccc(NC(=O)C2(C)CCCN2)cc1. The molecule has 1 aliphatic heterocycles. The first-order chi connectivity index (χ1) is 9.05. The van der Waals surface area contributed by atoms with Crippen LogP contribution >= 0.6 is 0 Å². The Labute approximate surface area is 115 Å². The molecular weight excluding hydrogens is 236 g/mol. The van der Waals surface area contributed by atoms with Crippen molar-refractivity contribution in [3.63, 3.8) is 0 Å². The Kier molecular flexibility index (Phi) is 4.25. The Bertz CT molecular complexity index is 433. The molecule has 1 aliphatic rings. The Morgan fingerprint density at radius 1 is 1.42 bits per heavy atom. The fraction of sp³-hybridized carbons (Fsp3) is 0.562. The monoisotopic (exact) mass is 260 g/mol. The highest BCUT2D eigenvalue weighted by Gasteiger charge is 2.35. The summed E-state index contributed by atoms with van der Waals surface area (Å²) in [6.07, 6.45) is 3.11. The average Bonchev–Trinajstić information content (AvgIpc) is 2.87. The van der Waals surface area contributed by atoms with Crippen molar-refractivity contribution in [3.05, 3.63) is 29.8 Å². The highest BCUT2D eigenvalue weighted by Crippen LogP contribution is 2.23. The average molecular weight is 260 g/mol. The van der Waals surface area contributed by atoms with E-state index in [1.165, 1.54) is 5.56 Å². The first-order valence-electron chi connectivity index (χ1n) is 7.21. The molecule has 3 heteroatoms. The van der Waals surface area contributed by atoms with E-state index in [1.54, 1.807) is 0 Å². The fourth-order valence-electron chi connectivity index (χ4n) is 2.49. The zero-order valence-electron chi connectivity index (χ0n) is 12.1. The number of benzene rings is 1. The lowest BCUT2D eigenvalue weighted by atomic mass is 9.97. The summed E-state index contributed by atoms with van der Waals surface area (Å²) in [5, 5.41) is 6.29. The van der Waals surface area contributed by atoms with E-state index >= 15 is 0 Å². The maximum atomic E-state index is 12.2. The van der Waals surface area contributed by atoms with Gasteiger partial charge in [-0.25, -0.2) is 0 Å². The number of rotatable bonds is 4. The molecule has 19 heavy (non-hydrogen) atoms. The van der Waals surface area contributed by atoms with Crippen molar-refractivity contribution < 1.29 is 4.79 Å². The second kappa shape index (κ2) is 5.74. The molecule has 2 N–H and O–H groups in total. The number of carbonyl (C=O) groups excluding carboxylic acids is 1. The van der Waals surface area contributed by atoms with Crippen LogP contribution in [0.4, 0.5) is 5.69 Å². The van der Waals surface area contributed by atoms with Gasteiger partial charge in [0.1, 0.15) is 0 Å². The first-order valence-corrected chi connectivity index (χ1v) is 7.21. The lowest BCUT2D eigenvalue weighted by Gasteiger charge is -2.23. The molecule has 0 saturated carbocycles. The lowest BCUT2D eigenvalue weighted by Crippen LogP contribution is -2.47. The van der Waals surface area contributed by atoms with E-state index in [0.717, 1.165) is 31.5 Å². The van der Waals surface area contributed by atoms with Crippen LogP contribution in [0.3, 0.4) is 0 Å². The van der Waals surface area contributed by atoms with Gasteiger partial charge in [0.05, 0.1) is 5.54 Å². The largest absolute Gasteiger partial charge is 0.324 e. The number of hydrogen-bond acceptors (Lipinski definition) is 2. The van der Waals surface area contributed by atoms with Gasteiger partial charge in [-0.05, 0) is 56.3 Å². The Morgan fingerprint density at radius 3 is 2.63 bits per heavy atom.